The lowest BCUT2D eigenvalue weighted by Gasteiger charge is -2.27. The van der Waals surface area contributed by atoms with Crippen molar-refractivity contribution in [1.82, 2.24) is 19.5 Å². The van der Waals surface area contributed by atoms with Crippen molar-refractivity contribution in [1.29, 1.82) is 0 Å². The van der Waals surface area contributed by atoms with E-state index < -0.39 is 0 Å². The Kier molecular flexibility index (Phi) is 4.02. The molecular weight excluding hydrogens is 320 g/mol. The van der Waals surface area contributed by atoms with Crippen molar-refractivity contribution in [3.8, 4) is 5.88 Å². The maximum atomic E-state index is 10.8. The summed E-state index contributed by atoms with van der Waals surface area (Å²) in [4.78, 5) is 8.69. The Bertz CT molecular complexity index is 846. The molecule has 1 saturated heterocycles. The second-order valence-electron chi connectivity index (χ2n) is 6.42. The Morgan fingerprint density at radius 3 is 2.54 bits per heavy atom. The lowest BCUT2D eigenvalue weighted by molar-refractivity contribution is 0.277. The van der Waals surface area contributed by atoms with Crippen LogP contribution in [-0.2, 0) is 6.42 Å². The number of thiazole rings is 1. The van der Waals surface area contributed by atoms with Gasteiger partial charge in [0.15, 0.2) is 5.82 Å². The van der Waals surface area contributed by atoms with Crippen molar-refractivity contribution < 1.29 is 5.11 Å². The highest BCUT2D eigenvalue weighted by atomic mass is 32.1. The molecule has 6 heteroatoms. The van der Waals surface area contributed by atoms with Gasteiger partial charge in [0, 0.05) is 6.42 Å². The predicted octanol–water partition coefficient (Wildman–Crippen LogP) is 3.55. The van der Waals surface area contributed by atoms with Gasteiger partial charge in [0.05, 0.1) is 10.9 Å². The lowest BCUT2D eigenvalue weighted by Crippen LogP contribution is -2.26. The van der Waals surface area contributed by atoms with Gasteiger partial charge in [-0.25, -0.2) is 4.98 Å². The van der Waals surface area contributed by atoms with Crippen molar-refractivity contribution in [2.45, 2.75) is 39.2 Å². The maximum Gasteiger partial charge on any atom is 0.230 e. The van der Waals surface area contributed by atoms with Gasteiger partial charge in [0.2, 0.25) is 10.8 Å². The third-order valence-corrected chi connectivity index (χ3v) is 5.78. The van der Waals surface area contributed by atoms with Crippen LogP contribution in [0.3, 0.4) is 0 Å². The topological polar surface area (TPSA) is 53.7 Å². The van der Waals surface area contributed by atoms with E-state index in [4.69, 9.17) is 0 Å². The van der Waals surface area contributed by atoms with Crippen LogP contribution in [0, 0.1) is 6.92 Å². The number of aryl methyl sites for hydroxylation is 2. The number of aromatic hydroxyl groups is 1. The monoisotopic (exact) mass is 342 g/mol. The molecule has 3 heterocycles. The third kappa shape index (κ3) is 2.59. The molecule has 4 rings (SSSR count). The van der Waals surface area contributed by atoms with E-state index in [1.807, 2.05) is 6.92 Å². The summed E-state index contributed by atoms with van der Waals surface area (Å²) in [5.41, 5.74) is 2.47. The fourth-order valence-electron chi connectivity index (χ4n) is 3.40. The molecule has 1 aromatic carbocycles. The molecule has 126 valence electrons. The molecule has 3 aromatic rings. The highest BCUT2D eigenvalue weighted by Crippen LogP contribution is 2.41. The molecule has 0 amide bonds. The van der Waals surface area contributed by atoms with E-state index in [9.17, 15) is 5.11 Å². The fraction of sp³-hybridized carbons (Fsp3) is 0.444. The van der Waals surface area contributed by atoms with Crippen molar-refractivity contribution in [3.05, 3.63) is 46.1 Å². The van der Waals surface area contributed by atoms with Crippen molar-refractivity contribution in [2.24, 2.45) is 0 Å². The normalized spacial score (nSPS) is 16.9. The van der Waals surface area contributed by atoms with Gasteiger partial charge in [-0.1, -0.05) is 48.1 Å². The van der Waals surface area contributed by atoms with E-state index in [0.717, 1.165) is 35.2 Å². The average Bonchev–Trinajstić information content (AvgIpc) is 3.29. The Labute approximate surface area is 145 Å². The van der Waals surface area contributed by atoms with Gasteiger partial charge < -0.3 is 5.11 Å². The summed E-state index contributed by atoms with van der Waals surface area (Å²) in [5, 5.41) is 15.2. The molecule has 0 spiro atoms. The van der Waals surface area contributed by atoms with Crippen molar-refractivity contribution >= 4 is 16.3 Å². The van der Waals surface area contributed by atoms with E-state index in [-0.39, 0.29) is 11.9 Å². The number of aromatic nitrogens is 3. The molecule has 0 aliphatic carbocycles. The molecule has 24 heavy (non-hydrogen) atoms. The number of hydrogen-bond acceptors (Lipinski definition) is 5. The van der Waals surface area contributed by atoms with Crippen LogP contribution in [-0.4, -0.2) is 37.7 Å². The minimum atomic E-state index is 0.0756. The molecule has 1 N–H and O–H groups in total. The molecule has 0 bridgehead atoms. The summed E-state index contributed by atoms with van der Waals surface area (Å²) in [7, 11) is 0. The summed E-state index contributed by atoms with van der Waals surface area (Å²) in [5.74, 6) is 1.01. The highest BCUT2D eigenvalue weighted by molar-refractivity contribution is 7.17. The van der Waals surface area contributed by atoms with Gasteiger partial charge in [-0.3, -0.25) is 4.90 Å². The first kappa shape index (κ1) is 15.6. The number of nitrogens with zero attached hydrogens (tertiary/aromatic N) is 4. The van der Waals surface area contributed by atoms with Crippen LogP contribution in [0.15, 0.2) is 24.3 Å². The average molecular weight is 342 g/mol. The summed E-state index contributed by atoms with van der Waals surface area (Å²) >= 11 is 1.55. The minimum Gasteiger partial charge on any atom is -0.492 e. The fourth-order valence-corrected chi connectivity index (χ4v) is 4.53. The second-order valence-corrected chi connectivity index (χ2v) is 7.43. The Balaban J connectivity index is 1.82. The summed E-state index contributed by atoms with van der Waals surface area (Å²) in [6, 6.07) is 8.70. The first-order chi connectivity index (χ1) is 11.7. The molecule has 1 aliphatic heterocycles. The number of likely N-dealkylation sites (tertiary alicyclic amines) is 1. The Hall–Kier alpha value is -1.92. The predicted molar refractivity (Wildman–Crippen MR) is 95.7 cm³/mol. The van der Waals surface area contributed by atoms with Crippen LogP contribution < -0.4 is 0 Å². The SMILES string of the molecule is CCc1nc2sc(C(c3ccc(C)cc3)N3CCCC3)c(O)n2n1. The molecular formula is C18H22N4OS. The molecule has 0 saturated carbocycles. The van der Waals surface area contributed by atoms with Crippen molar-refractivity contribution in [2.75, 3.05) is 13.1 Å². The maximum absolute atomic E-state index is 10.8. The number of fused-ring (bicyclic) bond motifs is 1. The molecule has 5 nitrogen and oxygen atoms in total. The first-order valence-corrected chi connectivity index (χ1v) is 9.37. The smallest absolute Gasteiger partial charge is 0.230 e. The first-order valence-electron chi connectivity index (χ1n) is 8.55. The quantitative estimate of drug-likeness (QED) is 0.788. The molecule has 1 atom stereocenters. The van der Waals surface area contributed by atoms with Gasteiger partial charge >= 0.3 is 0 Å². The minimum absolute atomic E-state index is 0.0756. The summed E-state index contributed by atoms with van der Waals surface area (Å²) in [6.45, 7) is 6.25. The Morgan fingerprint density at radius 2 is 1.92 bits per heavy atom. The van der Waals surface area contributed by atoms with E-state index in [1.54, 1.807) is 15.9 Å². The van der Waals surface area contributed by atoms with E-state index in [1.165, 1.54) is 24.0 Å². The van der Waals surface area contributed by atoms with Crippen LogP contribution in [0.5, 0.6) is 5.88 Å². The van der Waals surface area contributed by atoms with E-state index in [2.05, 4.69) is 46.2 Å². The van der Waals surface area contributed by atoms with Gasteiger partial charge in [0.25, 0.3) is 0 Å². The molecule has 1 unspecified atom stereocenters. The van der Waals surface area contributed by atoms with Crippen LogP contribution in [0.1, 0.15) is 47.6 Å². The molecule has 2 aromatic heterocycles. The van der Waals surface area contributed by atoms with Crippen LogP contribution in [0.4, 0.5) is 0 Å². The summed E-state index contributed by atoms with van der Waals surface area (Å²) < 4.78 is 1.59. The van der Waals surface area contributed by atoms with Crippen LogP contribution in [0.2, 0.25) is 0 Å². The zero-order chi connectivity index (χ0) is 16.7. The zero-order valence-electron chi connectivity index (χ0n) is 14.1. The van der Waals surface area contributed by atoms with Gasteiger partial charge in [0.1, 0.15) is 0 Å². The van der Waals surface area contributed by atoms with Gasteiger partial charge in [-0.05, 0) is 38.4 Å². The third-order valence-electron chi connectivity index (χ3n) is 4.71. The molecule has 1 fully saturated rings. The van der Waals surface area contributed by atoms with E-state index >= 15 is 0 Å². The van der Waals surface area contributed by atoms with Crippen molar-refractivity contribution in [3.63, 3.8) is 0 Å². The van der Waals surface area contributed by atoms with Crippen LogP contribution >= 0.6 is 11.3 Å². The Morgan fingerprint density at radius 1 is 1.21 bits per heavy atom. The molecule has 0 radical (unpaired) electrons. The number of benzene rings is 1. The summed E-state index contributed by atoms with van der Waals surface area (Å²) in [6.07, 6.45) is 3.20. The lowest BCUT2D eigenvalue weighted by atomic mass is 10.0. The highest BCUT2D eigenvalue weighted by Gasteiger charge is 2.30. The standard InChI is InChI=1S/C18H22N4OS/c1-3-14-19-18-22(20-14)17(23)16(24-18)15(21-10-4-5-11-21)13-8-6-12(2)7-9-13/h6-9,15,23H,3-5,10-11H2,1-2H3. The van der Waals surface area contributed by atoms with Gasteiger partial charge in [-0.2, -0.15) is 4.52 Å². The zero-order valence-corrected chi connectivity index (χ0v) is 14.9. The largest absolute Gasteiger partial charge is 0.492 e. The number of rotatable bonds is 4. The molecule has 1 aliphatic rings. The van der Waals surface area contributed by atoms with E-state index in [0.29, 0.717) is 0 Å². The number of hydrogen-bond donors (Lipinski definition) is 1. The van der Waals surface area contributed by atoms with Gasteiger partial charge in [-0.15, -0.1) is 5.10 Å². The second kappa shape index (κ2) is 6.18. The van der Waals surface area contributed by atoms with Crippen LogP contribution in [0.25, 0.3) is 4.96 Å².